The predicted octanol–water partition coefficient (Wildman–Crippen LogP) is 0.581. The maximum Gasteiger partial charge on any atom is 0.151 e. The molecule has 0 N–H and O–H groups in total. The van der Waals surface area contributed by atoms with Crippen LogP contribution in [0.3, 0.4) is 0 Å². The lowest BCUT2D eigenvalue weighted by molar-refractivity contribution is 0.206. The fourth-order valence-corrected chi connectivity index (χ4v) is 2.58. The number of sulfone groups is 1. The second kappa shape index (κ2) is 3.26. The van der Waals surface area contributed by atoms with Crippen LogP contribution in [0.2, 0.25) is 0 Å². The number of allylic oxidation sites excluding steroid dienone is 1. The number of hydrogen-bond donors (Lipinski definition) is 0. The zero-order valence-electron chi connectivity index (χ0n) is 6.49. The molecule has 0 unspecified atom stereocenters. The number of hydrogen-bond acceptors (Lipinski definition) is 3. The maximum absolute atomic E-state index is 10.7. The van der Waals surface area contributed by atoms with Crippen molar-refractivity contribution in [3.05, 3.63) is 12.3 Å². The third-order valence-electron chi connectivity index (χ3n) is 1.54. The molecule has 0 radical (unpaired) electrons. The van der Waals surface area contributed by atoms with Crippen molar-refractivity contribution >= 4 is 9.84 Å². The van der Waals surface area contributed by atoms with Crippen LogP contribution >= 0.6 is 0 Å². The summed E-state index contributed by atoms with van der Waals surface area (Å²) in [6, 6.07) is 0. The molecule has 0 aromatic rings. The van der Waals surface area contributed by atoms with E-state index in [0.29, 0.717) is 18.1 Å². The zero-order chi connectivity index (χ0) is 8.32. The van der Waals surface area contributed by atoms with E-state index in [-0.39, 0.29) is 5.92 Å². The van der Waals surface area contributed by atoms with E-state index in [1.54, 1.807) is 12.3 Å². The van der Waals surface area contributed by atoms with Gasteiger partial charge in [-0.1, -0.05) is 6.08 Å². The van der Waals surface area contributed by atoms with E-state index in [9.17, 15) is 8.42 Å². The van der Waals surface area contributed by atoms with E-state index >= 15 is 0 Å². The fraction of sp³-hybridized carbons (Fsp3) is 0.714. The highest BCUT2D eigenvalue weighted by Gasteiger charge is 2.33. The molecule has 64 valence electrons. The van der Waals surface area contributed by atoms with Gasteiger partial charge in [0.25, 0.3) is 0 Å². The Kier molecular flexibility index (Phi) is 2.54. The average molecular weight is 176 g/mol. The van der Waals surface area contributed by atoms with Gasteiger partial charge in [-0.15, -0.1) is 0 Å². The molecule has 11 heavy (non-hydrogen) atoms. The van der Waals surface area contributed by atoms with E-state index in [0.717, 1.165) is 0 Å². The van der Waals surface area contributed by atoms with E-state index in [2.05, 4.69) is 0 Å². The lowest BCUT2D eigenvalue weighted by Crippen LogP contribution is -2.38. The van der Waals surface area contributed by atoms with Crippen molar-refractivity contribution in [2.45, 2.75) is 6.92 Å². The molecule has 3 nitrogen and oxygen atoms in total. The summed E-state index contributed by atoms with van der Waals surface area (Å²) >= 11 is 0. The van der Waals surface area contributed by atoms with Gasteiger partial charge in [0.15, 0.2) is 9.84 Å². The van der Waals surface area contributed by atoms with Gasteiger partial charge in [0.1, 0.15) is 0 Å². The van der Waals surface area contributed by atoms with Crippen molar-refractivity contribution in [3.63, 3.8) is 0 Å². The van der Waals surface area contributed by atoms with Crippen LogP contribution in [0.15, 0.2) is 12.3 Å². The largest absolute Gasteiger partial charge is 0.501 e. The van der Waals surface area contributed by atoms with Gasteiger partial charge in [0.2, 0.25) is 0 Å². The van der Waals surface area contributed by atoms with E-state index in [4.69, 9.17) is 4.74 Å². The summed E-state index contributed by atoms with van der Waals surface area (Å²) < 4.78 is 26.3. The SMILES string of the molecule is C/C=C/OCC1CS(=O)(=O)C1. The lowest BCUT2D eigenvalue weighted by atomic mass is 10.2. The second-order valence-corrected chi connectivity index (χ2v) is 4.90. The van der Waals surface area contributed by atoms with E-state index in [1.165, 1.54) is 0 Å². The molecule has 0 bridgehead atoms. The Morgan fingerprint density at radius 1 is 1.55 bits per heavy atom. The first-order valence-corrected chi connectivity index (χ1v) is 5.39. The van der Waals surface area contributed by atoms with Gasteiger partial charge in [0.05, 0.1) is 24.4 Å². The van der Waals surface area contributed by atoms with Gasteiger partial charge in [0, 0.05) is 5.92 Å². The van der Waals surface area contributed by atoms with Gasteiger partial charge in [-0.3, -0.25) is 0 Å². The Morgan fingerprint density at radius 2 is 2.18 bits per heavy atom. The third kappa shape index (κ3) is 2.54. The fourth-order valence-electron chi connectivity index (χ4n) is 1.05. The average Bonchev–Trinajstić information content (AvgIpc) is 1.84. The van der Waals surface area contributed by atoms with Crippen molar-refractivity contribution < 1.29 is 13.2 Å². The second-order valence-electron chi connectivity index (χ2n) is 2.75. The smallest absolute Gasteiger partial charge is 0.151 e. The molecule has 1 fully saturated rings. The van der Waals surface area contributed by atoms with Crippen LogP contribution in [0.5, 0.6) is 0 Å². The Balaban J connectivity index is 2.14. The van der Waals surface area contributed by atoms with Gasteiger partial charge in [-0.05, 0) is 6.92 Å². The summed E-state index contributed by atoms with van der Waals surface area (Å²) in [5.74, 6) is 0.811. The summed E-state index contributed by atoms with van der Waals surface area (Å²) in [6.07, 6.45) is 3.37. The number of ether oxygens (including phenoxy) is 1. The first-order valence-electron chi connectivity index (χ1n) is 3.57. The minimum atomic E-state index is -2.67. The zero-order valence-corrected chi connectivity index (χ0v) is 7.30. The molecule has 0 aromatic heterocycles. The standard InChI is InChI=1S/C7H12O3S/c1-2-3-10-4-7-5-11(8,9)6-7/h2-3,7H,4-6H2,1H3/b3-2+. The Hall–Kier alpha value is -0.510. The number of rotatable bonds is 3. The third-order valence-corrected chi connectivity index (χ3v) is 3.50. The summed E-state index contributed by atoms with van der Waals surface area (Å²) in [4.78, 5) is 0. The summed E-state index contributed by atoms with van der Waals surface area (Å²) in [6.45, 7) is 2.39. The van der Waals surface area contributed by atoms with E-state index in [1.807, 2.05) is 6.92 Å². The van der Waals surface area contributed by atoms with E-state index < -0.39 is 9.84 Å². The molecule has 0 spiro atoms. The molecule has 0 saturated carbocycles. The normalized spacial score (nSPS) is 23.4. The Bertz CT molecular complexity index is 228. The Morgan fingerprint density at radius 3 is 2.64 bits per heavy atom. The topological polar surface area (TPSA) is 43.4 Å². The van der Waals surface area contributed by atoms with Crippen LogP contribution in [-0.2, 0) is 14.6 Å². The first kappa shape index (κ1) is 8.59. The van der Waals surface area contributed by atoms with Gasteiger partial charge >= 0.3 is 0 Å². The molecule has 0 aliphatic carbocycles. The van der Waals surface area contributed by atoms with Gasteiger partial charge in [-0.25, -0.2) is 8.42 Å². The molecule has 0 aromatic carbocycles. The highest BCUT2D eigenvalue weighted by molar-refractivity contribution is 7.92. The Labute approximate surface area is 67.0 Å². The minimum Gasteiger partial charge on any atom is -0.501 e. The highest BCUT2D eigenvalue weighted by Crippen LogP contribution is 2.17. The van der Waals surface area contributed by atoms with Crippen molar-refractivity contribution in [3.8, 4) is 0 Å². The van der Waals surface area contributed by atoms with Crippen LogP contribution in [0.25, 0.3) is 0 Å². The summed E-state index contributed by atoms with van der Waals surface area (Å²) in [5, 5.41) is 0. The van der Waals surface area contributed by atoms with Gasteiger partial charge in [-0.2, -0.15) is 0 Å². The predicted molar refractivity (Wildman–Crippen MR) is 42.9 cm³/mol. The van der Waals surface area contributed by atoms with Crippen molar-refractivity contribution in [1.29, 1.82) is 0 Å². The lowest BCUT2D eigenvalue weighted by Gasteiger charge is -2.24. The van der Waals surface area contributed by atoms with Crippen molar-refractivity contribution in [2.24, 2.45) is 5.92 Å². The quantitative estimate of drug-likeness (QED) is 0.591. The minimum absolute atomic E-state index is 0.219. The maximum atomic E-state index is 10.7. The molecular formula is C7H12O3S. The monoisotopic (exact) mass is 176 g/mol. The van der Waals surface area contributed by atoms with Crippen molar-refractivity contribution in [2.75, 3.05) is 18.1 Å². The molecular weight excluding hydrogens is 164 g/mol. The van der Waals surface area contributed by atoms with Crippen LogP contribution in [0.1, 0.15) is 6.92 Å². The molecule has 1 aliphatic rings. The first-order chi connectivity index (χ1) is 5.14. The molecule has 1 aliphatic heterocycles. The van der Waals surface area contributed by atoms with Crippen LogP contribution in [0, 0.1) is 5.92 Å². The summed E-state index contributed by atoms with van der Waals surface area (Å²) in [7, 11) is -2.67. The molecule has 1 rings (SSSR count). The molecule has 0 atom stereocenters. The highest BCUT2D eigenvalue weighted by atomic mass is 32.2. The van der Waals surface area contributed by atoms with Crippen LogP contribution in [0.4, 0.5) is 0 Å². The van der Waals surface area contributed by atoms with Crippen LogP contribution < -0.4 is 0 Å². The van der Waals surface area contributed by atoms with Gasteiger partial charge < -0.3 is 4.74 Å². The summed E-state index contributed by atoms with van der Waals surface area (Å²) in [5.41, 5.74) is 0. The molecule has 1 saturated heterocycles. The molecule has 4 heteroatoms. The van der Waals surface area contributed by atoms with Crippen molar-refractivity contribution in [1.82, 2.24) is 0 Å². The van der Waals surface area contributed by atoms with Crippen LogP contribution in [-0.4, -0.2) is 26.5 Å². The molecule has 0 amide bonds. The molecule has 1 heterocycles.